The Labute approximate surface area is 110 Å². The van der Waals surface area contributed by atoms with Crippen molar-refractivity contribution >= 4 is 0 Å². The highest BCUT2D eigenvalue weighted by Gasteiger charge is 2.19. The lowest BCUT2D eigenvalue weighted by molar-refractivity contribution is 0.191. The molecule has 0 aromatic carbocycles. The molecule has 5 heteroatoms. The second-order valence-electron chi connectivity index (χ2n) is 5.20. The summed E-state index contributed by atoms with van der Waals surface area (Å²) in [5, 5.41) is 11.7. The van der Waals surface area contributed by atoms with Gasteiger partial charge in [0.2, 0.25) is 0 Å². The van der Waals surface area contributed by atoms with Crippen molar-refractivity contribution in [1.82, 2.24) is 25.0 Å². The molecule has 1 unspecified atom stereocenters. The summed E-state index contributed by atoms with van der Waals surface area (Å²) in [7, 11) is 2.01. The van der Waals surface area contributed by atoms with Gasteiger partial charge < -0.3 is 14.8 Å². The fraction of sp³-hybridized carbons (Fsp3) is 0.846. The van der Waals surface area contributed by atoms with E-state index in [1.807, 2.05) is 11.6 Å². The van der Waals surface area contributed by atoms with E-state index in [2.05, 4.69) is 27.3 Å². The molecular weight excluding hydrogens is 226 g/mol. The molecule has 1 aliphatic heterocycles. The summed E-state index contributed by atoms with van der Waals surface area (Å²) in [6.07, 6.45) is 6.62. The lowest BCUT2D eigenvalue weighted by Crippen LogP contribution is -2.46. The largest absolute Gasteiger partial charge is 0.321 e. The van der Waals surface area contributed by atoms with Crippen LogP contribution in [0.25, 0.3) is 0 Å². The summed E-state index contributed by atoms with van der Waals surface area (Å²) in [5.74, 6) is 1.08. The Kier molecular flexibility index (Phi) is 5.13. The lowest BCUT2D eigenvalue weighted by Gasteiger charge is -2.33. The molecule has 1 fully saturated rings. The predicted molar refractivity (Wildman–Crippen MR) is 72.5 cm³/mol. The second-order valence-corrected chi connectivity index (χ2v) is 5.20. The van der Waals surface area contributed by atoms with Gasteiger partial charge in [-0.25, -0.2) is 0 Å². The first-order valence-corrected chi connectivity index (χ1v) is 7.08. The smallest absolute Gasteiger partial charge is 0.133 e. The first-order chi connectivity index (χ1) is 8.79. The molecule has 0 bridgehead atoms. The number of likely N-dealkylation sites (tertiary alicyclic amines) is 1. The van der Waals surface area contributed by atoms with E-state index in [9.17, 15) is 0 Å². The maximum atomic E-state index is 4.14. The quantitative estimate of drug-likeness (QED) is 0.813. The molecule has 1 aromatic rings. The van der Waals surface area contributed by atoms with Gasteiger partial charge in [-0.05, 0) is 32.4 Å². The van der Waals surface area contributed by atoms with Crippen LogP contribution in [0.4, 0.5) is 0 Å². The molecule has 2 rings (SSSR count). The first kappa shape index (κ1) is 13.5. The van der Waals surface area contributed by atoms with Gasteiger partial charge in [0.25, 0.3) is 0 Å². The van der Waals surface area contributed by atoms with E-state index < -0.39 is 0 Å². The van der Waals surface area contributed by atoms with E-state index in [1.165, 1.54) is 32.4 Å². The molecule has 1 aliphatic rings. The van der Waals surface area contributed by atoms with Crippen molar-refractivity contribution in [2.75, 3.05) is 26.2 Å². The van der Waals surface area contributed by atoms with Crippen LogP contribution in [-0.4, -0.2) is 51.9 Å². The zero-order valence-corrected chi connectivity index (χ0v) is 11.6. The number of hydrogen-bond donors (Lipinski definition) is 1. The normalized spacial score (nSPS) is 21.3. The van der Waals surface area contributed by atoms with Gasteiger partial charge in [0.05, 0.1) is 0 Å². The summed E-state index contributed by atoms with van der Waals surface area (Å²) in [5.41, 5.74) is 0. The Morgan fingerprint density at radius 2 is 2.39 bits per heavy atom. The minimum Gasteiger partial charge on any atom is -0.321 e. The first-order valence-electron chi connectivity index (χ1n) is 7.08. The topological polar surface area (TPSA) is 46.0 Å². The number of aryl methyl sites for hydroxylation is 1. The average Bonchev–Trinajstić information content (AvgIpc) is 2.80. The molecule has 1 saturated heterocycles. The monoisotopic (exact) mass is 251 g/mol. The molecule has 1 N–H and O–H groups in total. The highest BCUT2D eigenvalue weighted by Crippen LogP contribution is 2.10. The van der Waals surface area contributed by atoms with Crippen molar-refractivity contribution < 1.29 is 0 Å². The van der Waals surface area contributed by atoms with Crippen molar-refractivity contribution in [3.63, 3.8) is 0 Å². The number of hydrogen-bond acceptors (Lipinski definition) is 4. The van der Waals surface area contributed by atoms with Gasteiger partial charge in [0.15, 0.2) is 0 Å². The highest BCUT2D eigenvalue weighted by atomic mass is 15.3. The van der Waals surface area contributed by atoms with Gasteiger partial charge in [0.1, 0.15) is 12.2 Å². The van der Waals surface area contributed by atoms with Gasteiger partial charge in [-0.2, -0.15) is 0 Å². The minimum absolute atomic E-state index is 0.679. The van der Waals surface area contributed by atoms with Gasteiger partial charge in [-0.3, -0.25) is 0 Å². The van der Waals surface area contributed by atoms with Gasteiger partial charge in [-0.15, -0.1) is 10.2 Å². The standard InChI is InChI=1S/C13H25N5/c1-3-7-14-12-5-4-8-18(10-12)9-6-13-16-15-11-17(13)2/h11-12,14H,3-10H2,1-2H3. The van der Waals surface area contributed by atoms with Crippen molar-refractivity contribution in [3.05, 3.63) is 12.2 Å². The summed E-state index contributed by atoms with van der Waals surface area (Å²) >= 11 is 0. The van der Waals surface area contributed by atoms with E-state index in [0.717, 1.165) is 25.3 Å². The number of piperidine rings is 1. The molecule has 5 nitrogen and oxygen atoms in total. The molecule has 102 valence electrons. The second kappa shape index (κ2) is 6.85. The molecule has 18 heavy (non-hydrogen) atoms. The summed E-state index contributed by atoms with van der Waals surface area (Å²) < 4.78 is 2.01. The molecule has 2 heterocycles. The number of nitrogens with zero attached hydrogens (tertiary/aromatic N) is 4. The third-order valence-electron chi connectivity index (χ3n) is 3.65. The van der Waals surface area contributed by atoms with Gasteiger partial charge in [-0.1, -0.05) is 6.92 Å². The number of rotatable bonds is 6. The van der Waals surface area contributed by atoms with Gasteiger partial charge in [0, 0.05) is 32.6 Å². The molecule has 0 radical (unpaired) electrons. The summed E-state index contributed by atoms with van der Waals surface area (Å²) in [4.78, 5) is 2.55. The molecular formula is C13H25N5. The molecule has 1 aromatic heterocycles. The van der Waals surface area contributed by atoms with Crippen LogP contribution in [-0.2, 0) is 13.5 Å². The Balaban J connectivity index is 1.74. The Bertz CT molecular complexity index is 349. The van der Waals surface area contributed by atoms with Crippen LogP contribution in [0.5, 0.6) is 0 Å². The summed E-state index contributed by atoms with van der Waals surface area (Å²) in [6.45, 7) is 6.86. The lowest BCUT2D eigenvalue weighted by atomic mass is 10.1. The molecule has 0 saturated carbocycles. The van der Waals surface area contributed by atoms with Crippen LogP contribution in [0.1, 0.15) is 32.0 Å². The van der Waals surface area contributed by atoms with E-state index in [4.69, 9.17) is 0 Å². The third-order valence-corrected chi connectivity index (χ3v) is 3.65. The zero-order chi connectivity index (χ0) is 12.8. The van der Waals surface area contributed by atoms with Gasteiger partial charge >= 0.3 is 0 Å². The van der Waals surface area contributed by atoms with Crippen LogP contribution in [0.2, 0.25) is 0 Å². The summed E-state index contributed by atoms with van der Waals surface area (Å²) in [6, 6.07) is 0.679. The maximum Gasteiger partial charge on any atom is 0.133 e. The van der Waals surface area contributed by atoms with Crippen LogP contribution in [0, 0.1) is 0 Å². The van der Waals surface area contributed by atoms with E-state index in [-0.39, 0.29) is 0 Å². The SMILES string of the molecule is CCCNC1CCCN(CCc2nncn2C)C1. The predicted octanol–water partition coefficient (Wildman–Crippen LogP) is 0.822. The van der Waals surface area contributed by atoms with Crippen LogP contribution >= 0.6 is 0 Å². The molecule has 0 spiro atoms. The van der Waals surface area contributed by atoms with E-state index >= 15 is 0 Å². The highest BCUT2D eigenvalue weighted by molar-refractivity contribution is 4.87. The van der Waals surface area contributed by atoms with Crippen LogP contribution in [0.15, 0.2) is 6.33 Å². The average molecular weight is 251 g/mol. The number of nitrogens with one attached hydrogen (secondary N) is 1. The Morgan fingerprint density at radius 1 is 1.50 bits per heavy atom. The van der Waals surface area contributed by atoms with Crippen molar-refractivity contribution in [3.8, 4) is 0 Å². The van der Waals surface area contributed by atoms with Crippen molar-refractivity contribution in [1.29, 1.82) is 0 Å². The third kappa shape index (κ3) is 3.78. The van der Waals surface area contributed by atoms with E-state index in [0.29, 0.717) is 6.04 Å². The zero-order valence-electron chi connectivity index (χ0n) is 11.6. The minimum atomic E-state index is 0.679. The fourth-order valence-corrected chi connectivity index (χ4v) is 2.57. The van der Waals surface area contributed by atoms with E-state index in [1.54, 1.807) is 6.33 Å². The van der Waals surface area contributed by atoms with Crippen LogP contribution < -0.4 is 5.32 Å². The fourth-order valence-electron chi connectivity index (χ4n) is 2.57. The number of aromatic nitrogens is 3. The Hall–Kier alpha value is -0.940. The molecule has 1 atom stereocenters. The molecule has 0 aliphatic carbocycles. The van der Waals surface area contributed by atoms with Crippen LogP contribution in [0.3, 0.4) is 0 Å². The maximum absolute atomic E-state index is 4.14. The molecule has 0 amide bonds. The Morgan fingerprint density at radius 3 is 3.11 bits per heavy atom. The van der Waals surface area contributed by atoms with Crippen molar-refractivity contribution in [2.45, 2.75) is 38.6 Å². The van der Waals surface area contributed by atoms with Crippen molar-refractivity contribution in [2.24, 2.45) is 7.05 Å².